The van der Waals surface area contributed by atoms with Crippen molar-refractivity contribution in [3.8, 4) is 0 Å². The van der Waals surface area contributed by atoms with Gasteiger partial charge in [-0.3, -0.25) is 9.69 Å². The molecule has 2 aliphatic rings. The van der Waals surface area contributed by atoms with Crippen LogP contribution in [0.4, 0.5) is 0 Å². The van der Waals surface area contributed by atoms with E-state index in [1.807, 2.05) is 0 Å². The number of rotatable bonds is 4. The maximum absolute atomic E-state index is 13.3. The highest BCUT2D eigenvalue weighted by molar-refractivity contribution is 5.82. The van der Waals surface area contributed by atoms with Crippen molar-refractivity contribution in [2.75, 3.05) is 13.1 Å². The number of hydrogen-bond acceptors (Lipinski definition) is 2. The van der Waals surface area contributed by atoms with Crippen molar-refractivity contribution in [1.29, 1.82) is 0 Å². The van der Waals surface area contributed by atoms with Crippen LogP contribution in [0.5, 0.6) is 0 Å². The third kappa shape index (κ3) is 4.00. The van der Waals surface area contributed by atoms with Crippen LogP contribution < -0.4 is 0 Å². The largest absolute Gasteiger partial charge is 0.338 e. The molecule has 0 bridgehead atoms. The zero-order valence-electron chi connectivity index (χ0n) is 15.3. The second kappa shape index (κ2) is 8.15. The molecule has 0 aliphatic carbocycles. The predicted molar refractivity (Wildman–Crippen MR) is 98.9 cm³/mol. The number of benzene rings is 1. The van der Waals surface area contributed by atoms with Crippen LogP contribution in [0.1, 0.15) is 63.0 Å². The second-order valence-corrected chi connectivity index (χ2v) is 7.56. The zero-order valence-corrected chi connectivity index (χ0v) is 15.3. The van der Waals surface area contributed by atoms with Gasteiger partial charge in [0.05, 0.1) is 6.04 Å². The molecule has 3 rings (SSSR count). The Morgan fingerprint density at radius 2 is 1.75 bits per heavy atom. The van der Waals surface area contributed by atoms with Crippen LogP contribution in [-0.2, 0) is 11.3 Å². The number of nitrogens with zero attached hydrogens (tertiary/aromatic N) is 2. The molecule has 0 saturated carbocycles. The summed E-state index contributed by atoms with van der Waals surface area (Å²) in [6.07, 6.45) is 8.16. The van der Waals surface area contributed by atoms with Crippen molar-refractivity contribution in [1.82, 2.24) is 9.80 Å². The number of carbonyl (C=O) groups is 1. The zero-order chi connectivity index (χ0) is 16.9. The monoisotopic (exact) mass is 328 g/mol. The fourth-order valence-electron chi connectivity index (χ4n) is 4.29. The molecule has 2 aliphatic heterocycles. The summed E-state index contributed by atoms with van der Waals surface area (Å²) in [5.74, 6) is 0.397. The Labute approximate surface area is 147 Å². The Bertz CT molecular complexity index is 539. The van der Waals surface area contributed by atoms with E-state index < -0.39 is 0 Å². The number of amides is 1. The van der Waals surface area contributed by atoms with E-state index >= 15 is 0 Å². The van der Waals surface area contributed by atoms with E-state index in [0.717, 1.165) is 32.5 Å². The first-order valence-electron chi connectivity index (χ1n) is 9.79. The molecule has 0 radical (unpaired) electrons. The van der Waals surface area contributed by atoms with Gasteiger partial charge in [0.25, 0.3) is 0 Å². The Morgan fingerprint density at radius 1 is 1.04 bits per heavy atom. The van der Waals surface area contributed by atoms with Crippen molar-refractivity contribution in [3.05, 3.63) is 35.4 Å². The molecule has 0 aromatic heterocycles. The number of carbonyl (C=O) groups excluding carboxylic acids is 1. The van der Waals surface area contributed by atoms with Gasteiger partial charge in [0.2, 0.25) is 5.91 Å². The molecule has 0 N–H and O–H groups in total. The molecule has 1 aromatic rings. The summed E-state index contributed by atoms with van der Waals surface area (Å²) in [5.41, 5.74) is 2.62. The molecule has 2 unspecified atom stereocenters. The number of likely N-dealkylation sites (tertiary alicyclic amines) is 2. The normalized spacial score (nSPS) is 25.7. The lowest BCUT2D eigenvalue weighted by atomic mass is 9.95. The molecule has 132 valence electrons. The van der Waals surface area contributed by atoms with Crippen molar-refractivity contribution >= 4 is 5.91 Å². The lowest BCUT2D eigenvalue weighted by molar-refractivity contribution is -0.142. The maximum Gasteiger partial charge on any atom is 0.240 e. The lowest BCUT2D eigenvalue weighted by Crippen LogP contribution is -2.54. The van der Waals surface area contributed by atoms with E-state index in [1.165, 1.54) is 43.2 Å². The molecule has 3 heteroatoms. The van der Waals surface area contributed by atoms with Crippen molar-refractivity contribution < 1.29 is 4.79 Å². The van der Waals surface area contributed by atoms with Crippen molar-refractivity contribution in [3.63, 3.8) is 0 Å². The maximum atomic E-state index is 13.3. The molecule has 2 atom stereocenters. The third-order valence-corrected chi connectivity index (χ3v) is 5.79. The summed E-state index contributed by atoms with van der Waals surface area (Å²) in [7, 11) is 0. The Kier molecular flexibility index (Phi) is 5.94. The Balaban J connectivity index is 1.71. The van der Waals surface area contributed by atoms with Gasteiger partial charge in [0.1, 0.15) is 0 Å². The summed E-state index contributed by atoms with van der Waals surface area (Å²) >= 11 is 0. The topological polar surface area (TPSA) is 23.6 Å². The van der Waals surface area contributed by atoms with E-state index in [0.29, 0.717) is 11.9 Å². The van der Waals surface area contributed by atoms with E-state index in [9.17, 15) is 4.79 Å². The smallest absolute Gasteiger partial charge is 0.240 e. The van der Waals surface area contributed by atoms with Gasteiger partial charge in [-0.15, -0.1) is 0 Å². The van der Waals surface area contributed by atoms with Gasteiger partial charge in [-0.1, -0.05) is 43.2 Å². The fraction of sp³-hybridized carbons (Fsp3) is 0.667. The minimum Gasteiger partial charge on any atom is -0.338 e. The quantitative estimate of drug-likeness (QED) is 0.829. The Hall–Kier alpha value is -1.35. The minimum atomic E-state index is 0.0900. The average Bonchev–Trinajstić information content (AvgIpc) is 2.63. The highest BCUT2D eigenvalue weighted by Gasteiger charge is 2.35. The predicted octanol–water partition coefficient (Wildman–Crippen LogP) is 4.14. The van der Waals surface area contributed by atoms with Crippen LogP contribution in [0, 0.1) is 6.92 Å². The number of piperidine rings is 2. The fourth-order valence-corrected chi connectivity index (χ4v) is 4.29. The first kappa shape index (κ1) is 17.5. The third-order valence-electron chi connectivity index (χ3n) is 5.79. The van der Waals surface area contributed by atoms with Gasteiger partial charge < -0.3 is 4.90 Å². The SMILES string of the molecule is CCC1CCCCN1C(=O)C1CCCCN1Cc1ccc(C)cc1. The first-order chi connectivity index (χ1) is 11.7. The van der Waals surface area contributed by atoms with Gasteiger partial charge in [-0.05, 0) is 57.6 Å². The van der Waals surface area contributed by atoms with Crippen LogP contribution in [0.15, 0.2) is 24.3 Å². The molecular formula is C21H32N2O. The van der Waals surface area contributed by atoms with Crippen molar-refractivity contribution in [2.45, 2.75) is 77.4 Å². The molecule has 2 fully saturated rings. The summed E-state index contributed by atoms with van der Waals surface area (Å²) in [4.78, 5) is 17.9. The molecule has 24 heavy (non-hydrogen) atoms. The standard InChI is InChI=1S/C21H32N2O/c1-3-19-8-4-7-15-23(19)21(24)20-9-5-6-14-22(20)16-18-12-10-17(2)11-13-18/h10-13,19-20H,3-9,14-16H2,1-2H3. The molecule has 0 spiro atoms. The minimum absolute atomic E-state index is 0.0900. The van der Waals surface area contributed by atoms with Gasteiger partial charge in [0.15, 0.2) is 0 Å². The van der Waals surface area contributed by atoms with Crippen LogP contribution in [0.2, 0.25) is 0 Å². The van der Waals surface area contributed by atoms with Gasteiger partial charge in [-0.2, -0.15) is 0 Å². The van der Waals surface area contributed by atoms with Crippen LogP contribution >= 0.6 is 0 Å². The average molecular weight is 328 g/mol. The summed E-state index contributed by atoms with van der Waals surface area (Å²) in [6, 6.07) is 9.33. The molecular weight excluding hydrogens is 296 g/mol. The first-order valence-corrected chi connectivity index (χ1v) is 9.79. The number of hydrogen-bond donors (Lipinski definition) is 0. The Morgan fingerprint density at radius 3 is 2.50 bits per heavy atom. The van der Waals surface area contributed by atoms with Crippen LogP contribution in [0.25, 0.3) is 0 Å². The molecule has 3 nitrogen and oxygen atoms in total. The van der Waals surface area contributed by atoms with Gasteiger partial charge in [0, 0.05) is 19.1 Å². The second-order valence-electron chi connectivity index (χ2n) is 7.56. The van der Waals surface area contributed by atoms with Gasteiger partial charge >= 0.3 is 0 Å². The van der Waals surface area contributed by atoms with Crippen molar-refractivity contribution in [2.24, 2.45) is 0 Å². The summed E-state index contributed by atoms with van der Waals surface area (Å²) in [5, 5.41) is 0. The molecule has 2 saturated heterocycles. The highest BCUT2D eigenvalue weighted by Crippen LogP contribution is 2.26. The van der Waals surface area contributed by atoms with Crippen LogP contribution in [-0.4, -0.2) is 40.9 Å². The number of aryl methyl sites for hydroxylation is 1. The summed E-state index contributed by atoms with van der Waals surface area (Å²) < 4.78 is 0. The highest BCUT2D eigenvalue weighted by atomic mass is 16.2. The van der Waals surface area contributed by atoms with Crippen LogP contribution in [0.3, 0.4) is 0 Å². The van der Waals surface area contributed by atoms with E-state index in [1.54, 1.807) is 0 Å². The molecule has 1 amide bonds. The van der Waals surface area contributed by atoms with E-state index in [-0.39, 0.29) is 6.04 Å². The van der Waals surface area contributed by atoms with E-state index in [4.69, 9.17) is 0 Å². The van der Waals surface area contributed by atoms with Gasteiger partial charge in [-0.25, -0.2) is 0 Å². The molecule has 2 heterocycles. The lowest BCUT2D eigenvalue weighted by Gasteiger charge is -2.42. The summed E-state index contributed by atoms with van der Waals surface area (Å²) in [6.45, 7) is 7.27. The molecule has 1 aromatic carbocycles. The van der Waals surface area contributed by atoms with E-state index in [2.05, 4.69) is 47.9 Å².